The molecule has 0 radical (unpaired) electrons. The van der Waals surface area contributed by atoms with E-state index < -0.39 is 5.82 Å². The average molecular weight is 431 g/mol. The second-order valence-electron chi connectivity index (χ2n) is 6.75. The molecule has 3 N–H and O–H groups in total. The van der Waals surface area contributed by atoms with Gasteiger partial charge in [0.15, 0.2) is 5.13 Å². The Kier molecular flexibility index (Phi) is 7.20. The van der Waals surface area contributed by atoms with Crippen molar-refractivity contribution in [1.29, 1.82) is 0 Å². The number of nitrogens with one attached hydrogen (secondary N) is 3. The van der Waals surface area contributed by atoms with E-state index >= 15 is 0 Å². The number of halogens is 1. The molecule has 2 aromatic heterocycles. The summed E-state index contributed by atoms with van der Waals surface area (Å²) in [6.45, 7) is 3.34. The van der Waals surface area contributed by atoms with Gasteiger partial charge in [-0.05, 0) is 39.2 Å². The van der Waals surface area contributed by atoms with Crippen molar-refractivity contribution in [2.24, 2.45) is 0 Å². The van der Waals surface area contributed by atoms with Crippen molar-refractivity contribution in [3.8, 4) is 0 Å². The van der Waals surface area contributed by atoms with Gasteiger partial charge in [0.25, 0.3) is 0 Å². The Hall–Kier alpha value is -3.18. The van der Waals surface area contributed by atoms with Gasteiger partial charge in [0.2, 0.25) is 17.8 Å². The minimum absolute atomic E-state index is 0.128. The first-order chi connectivity index (χ1) is 14.4. The zero-order valence-electron chi connectivity index (χ0n) is 16.9. The van der Waals surface area contributed by atoms with Crippen LogP contribution in [0, 0.1) is 12.7 Å². The molecule has 0 spiro atoms. The van der Waals surface area contributed by atoms with Gasteiger partial charge >= 0.3 is 0 Å². The van der Waals surface area contributed by atoms with Gasteiger partial charge in [-0.15, -0.1) is 11.3 Å². The van der Waals surface area contributed by atoms with Crippen LogP contribution in [0.25, 0.3) is 0 Å². The van der Waals surface area contributed by atoms with E-state index in [-0.39, 0.29) is 12.3 Å². The first-order valence-electron chi connectivity index (χ1n) is 9.26. The van der Waals surface area contributed by atoms with E-state index in [1.165, 1.54) is 23.5 Å². The quantitative estimate of drug-likeness (QED) is 0.476. The number of aromatic nitrogens is 4. The van der Waals surface area contributed by atoms with Gasteiger partial charge in [-0.25, -0.2) is 9.37 Å². The third kappa shape index (κ3) is 6.71. The molecule has 0 fully saturated rings. The molecule has 9 nitrogen and oxygen atoms in total. The summed E-state index contributed by atoms with van der Waals surface area (Å²) in [6, 6.07) is 5.77. The minimum atomic E-state index is -0.403. The first kappa shape index (κ1) is 21.5. The van der Waals surface area contributed by atoms with E-state index in [1.807, 2.05) is 14.1 Å². The first-order valence-corrected chi connectivity index (χ1v) is 10.1. The van der Waals surface area contributed by atoms with Crippen molar-refractivity contribution in [3.05, 3.63) is 47.0 Å². The summed E-state index contributed by atoms with van der Waals surface area (Å²) in [6.07, 6.45) is 1.74. The van der Waals surface area contributed by atoms with Crippen molar-refractivity contribution in [2.75, 3.05) is 43.1 Å². The number of benzene rings is 1. The summed E-state index contributed by atoms with van der Waals surface area (Å²) in [4.78, 5) is 32.2. The predicted octanol–water partition coefficient (Wildman–Crippen LogP) is 2.67. The molecular weight excluding hydrogens is 407 g/mol. The zero-order valence-corrected chi connectivity index (χ0v) is 17.8. The molecule has 0 aliphatic carbocycles. The van der Waals surface area contributed by atoms with Crippen LogP contribution in [-0.2, 0) is 11.2 Å². The molecule has 30 heavy (non-hydrogen) atoms. The minimum Gasteiger partial charge on any atom is -0.353 e. The lowest BCUT2D eigenvalue weighted by Crippen LogP contribution is -2.22. The summed E-state index contributed by atoms with van der Waals surface area (Å²) in [5.41, 5.74) is 0.415. The highest BCUT2D eigenvalue weighted by Crippen LogP contribution is 2.22. The predicted molar refractivity (Wildman–Crippen MR) is 116 cm³/mol. The lowest BCUT2D eigenvalue weighted by molar-refractivity contribution is -0.115. The molecule has 2 heterocycles. The molecule has 3 aromatic rings. The highest BCUT2D eigenvalue weighted by molar-refractivity contribution is 7.15. The summed E-state index contributed by atoms with van der Waals surface area (Å²) >= 11 is 1.32. The molecular formula is C19H23FN8OS. The maximum absolute atomic E-state index is 13.2. The molecule has 11 heteroatoms. The Morgan fingerprint density at radius 3 is 2.77 bits per heavy atom. The van der Waals surface area contributed by atoms with Crippen LogP contribution in [-0.4, -0.2) is 57.9 Å². The number of carbonyl (C=O) groups excluding carboxylic acids is 1. The summed E-state index contributed by atoms with van der Waals surface area (Å²) in [5.74, 6) is 0.781. The molecule has 0 unspecified atom stereocenters. The lowest BCUT2D eigenvalue weighted by atomic mass is 10.3. The van der Waals surface area contributed by atoms with Crippen LogP contribution >= 0.6 is 11.3 Å². The monoisotopic (exact) mass is 430 g/mol. The van der Waals surface area contributed by atoms with Crippen LogP contribution in [0.3, 0.4) is 0 Å². The highest BCUT2D eigenvalue weighted by atomic mass is 32.1. The second-order valence-corrected chi connectivity index (χ2v) is 7.87. The molecule has 0 bridgehead atoms. The number of rotatable bonds is 9. The number of aryl methyl sites for hydroxylation is 1. The van der Waals surface area contributed by atoms with Crippen molar-refractivity contribution >= 4 is 40.0 Å². The number of amides is 1. The van der Waals surface area contributed by atoms with Gasteiger partial charge in [0.05, 0.1) is 6.42 Å². The number of nitrogens with zero attached hydrogens (tertiary/aromatic N) is 5. The SMILES string of the molecule is Cc1nc(NCCN(C)C)nc(Nc2ncc(CC(=O)Nc3cccc(F)c3)s2)n1. The van der Waals surface area contributed by atoms with E-state index in [2.05, 4.69) is 40.8 Å². The Morgan fingerprint density at radius 2 is 2.00 bits per heavy atom. The number of carbonyl (C=O) groups is 1. The Balaban J connectivity index is 1.58. The Bertz CT molecular complexity index is 1010. The number of likely N-dealkylation sites (N-methyl/N-ethyl adjacent to an activating group) is 1. The molecule has 1 amide bonds. The molecule has 0 saturated carbocycles. The molecule has 0 saturated heterocycles. The van der Waals surface area contributed by atoms with Crippen molar-refractivity contribution in [2.45, 2.75) is 13.3 Å². The largest absolute Gasteiger partial charge is 0.353 e. The summed E-state index contributed by atoms with van der Waals surface area (Å²) in [7, 11) is 3.98. The van der Waals surface area contributed by atoms with E-state index in [9.17, 15) is 9.18 Å². The van der Waals surface area contributed by atoms with Crippen molar-refractivity contribution in [1.82, 2.24) is 24.8 Å². The smallest absolute Gasteiger partial charge is 0.234 e. The zero-order chi connectivity index (χ0) is 21.5. The van der Waals surface area contributed by atoms with E-state index in [0.717, 1.165) is 11.4 Å². The van der Waals surface area contributed by atoms with E-state index in [1.54, 1.807) is 25.3 Å². The molecule has 158 valence electrons. The van der Waals surface area contributed by atoms with Gasteiger partial charge in [-0.3, -0.25) is 10.1 Å². The van der Waals surface area contributed by atoms with Crippen LogP contribution in [0.1, 0.15) is 10.7 Å². The van der Waals surface area contributed by atoms with Gasteiger partial charge in [-0.1, -0.05) is 6.07 Å². The van der Waals surface area contributed by atoms with E-state index in [0.29, 0.717) is 35.1 Å². The second kappa shape index (κ2) is 10.0. The number of hydrogen-bond donors (Lipinski definition) is 3. The van der Waals surface area contributed by atoms with Gasteiger partial charge in [-0.2, -0.15) is 15.0 Å². The lowest BCUT2D eigenvalue weighted by Gasteiger charge is -2.11. The fraction of sp³-hybridized carbons (Fsp3) is 0.316. The molecule has 0 aliphatic heterocycles. The number of thiazole rings is 1. The van der Waals surface area contributed by atoms with E-state index in [4.69, 9.17) is 0 Å². The third-order valence-corrected chi connectivity index (χ3v) is 4.72. The Morgan fingerprint density at radius 1 is 1.20 bits per heavy atom. The topological polar surface area (TPSA) is 108 Å². The molecule has 0 atom stereocenters. The highest BCUT2D eigenvalue weighted by Gasteiger charge is 2.11. The van der Waals surface area contributed by atoms with Crippen molar-refractivity contribution in [3.63, 3.8) is 0 Å². The normalized spacial score (nSPS) is 10.8. The fourth-order valence-corrected chi connectivity index (χ4v) is 3.29. The molecule has 3 rings (SSSR count). The maximum atomic E-state index is 13.2. The number of anilines is 4. The maximum Gasteiger partial charge on any atom is 0.234 e. The van der Waals surface area contributed by atoms with Gasteiger partial charge in [0.1, 0.15) is 11.6 Å². The molecule has 0 aliphatic rings. The molecule has 1 aromatic carbocycles. The van der Waals surface area contributed by atoms with Gasteiger partial charge in [0, 0.05) is 29.9 Å². The van der Waals surface area contributed by atoms with Crippen molar-refractivity contribution < 1.29 is 9.18 Å². The van der Waals surface area contributed by atoms with Gasteiger partial charge < -0.3 is 15.5 Å². The van der Waals surface area contributed by atoms with Crippen LogP contribution in [0.15, 0.2) is 30.5 Å². The summed E-state index contributed by atoms with van der Waals surface area (Å²) < 4.78 is 13.2. The standard InChI is InChI=1S/C19H23FN8OS/c1-12-23-17(21-7-8-28(2)3)26-18(24-12)27-19-22-11-15(30-19)10-16(29)25-14-6-4-5-13(20)9-14/h4-6,9,11H,7-8,10H2,1-3H3,(H,25,29)(H2,21,22,23,24,26,27). The fourth-order valence-electron chi connectivity index (χ4n) is 2.48. The third-order valence-electron chi connectivity index (χ3n) is 3.80. The van der Waals surface area contributed by atoms with Crippen LogP contribution in [0.2, 0.25) is 0 Å². The van der Waals surface area contributed by atoms with Crippen LogP contribution < -0.4 is 16.0 Å². The number of hydrogen-bond acceptors (Lipinski definition) is 9. The average Bonchev–Trinajstić information content (AvgIpc) is 3.07. The Labute approximate surface area is 177 Å². The van der Waals surface area contributed by atoms with Crippen LogP contribution in [0.4, 0.5) is 27.1 Å². The van der Waals surface area contributed by atoms with Crippen LogP contribution in [0.5, 0.6) is 0 Å². The summed E-state index contributed by atoms with van der Waals surface area (Å²) in [5, 5.41) is 9.44.